The molecule has 0 atom stereocenters. The van der Waals surface area contributed by atoms with Crippen LogP contribution in [0.2, 0.25) is 0 Å². The van der Waals surface area contributed by atoms with E-state index in [2.05, 4.69) is 15.7 Å². The van der Waals surface area contributed by atoms with Gasteiger partial charge in [-0.05, 0) is 112 Å². The maximum Gasteiger partial charge on any atom is 0.213 e. The van der Waals surface area contributed by atoms with Crippen molar-refractivity contribution in [1.29, 1.82) is 0 Å². The third-order valence-corrected chi connectivity index (χ3v) is 9.19. The SMILES string of the molecule is NN=C(NC1C2CC3CC(C2)CC1C3)NC1C2CC3CC(C2)CC1C3. The Morgan fingerprint density at radius 3 is 1.16 bits per heavy atom. The van der Waals surface area contributed by atoms with Crippen molar-refractivity contribution in [3.8, 4) is 0 Å². The lowest BCUT2D eigenvalue weighted by Crippen LogP contribution is -2.62. The topological polar surface area (TPSA) is 62.4 Å². The second-order valence-corrected chi connectivity index (χ2v) is 10.7. The zero-order valence-electron chi connectivity index (χ0n) is 15.4. The van der Waals surface area contributed by atoms with Crippen LogP contribution >= 0.6 is 0 Å². The summed E-state index contributed by atoms with van der Waals surface area (Å²) in [6.07, 6.45) is 14.6. The summed E-state index contributed by atoms with van der Waals surface area (Å²) >= 11 is 0. The van der Waals surface area contributed by atoms with E-state index in [1.165, 1.54) is 64.2 Å². The Kier molecular flexibility index (Phi) is 3.35. The Labute approximate surface area is 151 Å². The highest BCUT2D eigenvalue weighted by Gasteiger charge is 2.50. The van der Waals surface area contributed by atoms with Crippen LogP contribution in [0, 0.1) is 47.3 Å². The van der Waals surface area contributed by atoms with Gasteiger partial charge in [-0.2, -0.15) is 0 Å². The predicted octanol–water partition coefficient (Wildman–Crippen LogP) is 3.04. The number of hydrogen-bond acceptors (Lipinski definition) is 2. The Morgan fingerprint density at radius 2 is 0.880 bits per heavy atom. The average Bonchev–Trinajstić information content (AvgIpc) is 2.58. The van der Waals surface area contributed by atoms with Gasteiger partial charge in [0.15, 0.2) is 0 Å². The highest BCUT2D eigenvalue weighted by atomic mass is 15.3. The lowest BCUT2D eigenvalue weighted by molar-refractivity contribution is -0.0128. The number of hydrazone groups is 1. The van der Waals surface area contributed by atoms with E-state index in [0.29, 0.717) is 12.1 Å². The number of nitrogens with two attached hydrogens (primary N) is 1. The molecule has 0 spiro atoms. The average molecular weight is 343 g/mol. The number of nitrogens with one attached hydrogen (secondary N) is 2. The van der Waals surface area contributed by atoms with Gasteiger partial charge in [0.2, 0.25) is 5.96 Å². The largest absolute Gasteiger partial charge is 0.352 e. The standard InChI is InChI=1S/C21H34N4/c22-25-21(23-19-15-3-11-1-12(5-15)6-16(19)4-11)24-20-17-7-13-2-14(9-17)10-18(20)8-13/h11-20H,1-10,22H2,(H2,23,24,25). The molecule has 8 fully saturated rings. The van der Waals surface area contributed by atoms with E-state index in [4.69, 9.17) is 5.84 Å². The van der Waals surface area contributed by atoms with E-state index < -0.39 is 0 Å². The maximum absolute atomic E-state index is 5.84. The Bertz CT molecular complexity index is 468. The molecular weight excluding hydrogens is 308 g/mol. The fourth-order valence-corrected chi connectivity index (χ4v) is 8.75. The molecule has 0 aliphatic heterocycles. The summed E-state index contributed by atoms with van der Waals surface area (Å²) in [5.74, 6) is 14.3. The predicted molar refractivity (Wildman–Crippen MR) is 99.6 cm³/mol. The number of rotatable bonds is 2. The number of nitrogens with zero attached hydrogens (tertiary/aromatic N) is 1. The van der Waals surface area contributed by atoms with Crippen LogP contribution in [0.1, 0.15) is 64.2 Å². The maximum atomic E-state index is 5.84. The van der Waals surface area contributed by atoms with Crippen molar-refractivity contribution >= 4 is 5.96 Å². The van der Waals surface area contributed by atoms with Crippen LogP contribution in [0.5, 0.6) is 0 Å². The third-order valence-electron chi connectivity index (χ3n) is 9.19. The van der Waals surface area contributed by atoms with E-state index >= 15 is 0 Å². The van der Waals surface area contributed by atoms with Crippen molar-refractivity contribution in [1.82, 2.24) is 10.6 Å². The van der Waals surface area contributed by atoms with Crippen molar-refractivity contribution in [2.45, 2.75) is 76.3 Å². The molecule has 0 saturated heterocycles. The molecule has 4 N–H and O–H groups in total. The van der Waals surface area contributed by atoms with Gasteiger partial charge in [0.05, 0.1) is 0 Å². The lowest BCUT2D eigenvalue weighted by atomic mass is 9.54. The molecule has 0 aromatic carbocycles. The second-order valence-electron chi connectivity index (χ2n) is 10.7. The van der Waals surface area contributed by atoms with Gasteiger partial charge < -0.3 is 16.5 Å². The molecule has 4 nitrogen and oxygen atoms in total. The summed E-state index contributed by atoms with van der Waals surface area (Å²) in [4.78, 5) is 0. The highest BCUT2D eigenvalue weighted by molar-refractivity contribution is 5.80. The van der Waals surface area contributed by atoms with Crippen LogP contribution in [0.25, 0.3) is 0 Å². The molecule has 8 rings (SSSR count). The molecule has 0 unspecified atom stereocenters. The van der Waals surface area contributed by atoms with Crippen molar-refractivity contribution in [3.63, 3.8) is 0 Å². The first-order valence-electron chi connectivity index (χ1n) is 11.1. The van der Waals surface area contributed by atoms with E-state index in [0.717, 1.165) is 53.3 Å². The van der Waals surface area contributed by atoms with Crippen LogP contribution in [0.4, 0.5) is 0 Å². The van der Waals surface area contributed by atoms with Gasteiger partial charge in [0.1, 0.15) is 0 Å². The molecule has 0 aromatic rings. The molecule has 0 heterocycles. The molecule has 8 aliphatic carbocycles. The summed E-state index contributed by atoms with van der Waals surface area (Å²) < 4.78 is 0. The number of guanidine groups is 1. The first-order chi connectivity index (χ1) is 12.2. The van der Waals surface area contributed by atoms with E-state index in [1.807, 2.05) is 0 Å². The zero-order chi connectivity index (χ0) is 16.5. The molecule has 8 aliphatic rings. The quantitative estimate of drug-likeness (QED) is 0.313. The lowest BCUT2D eigenvalue weighted by Gasteiger charge is -2.56. The van der Waals surface area contributed by atoms with E-state index in [-0.39, 0.29) is 0 Å². The van der Waals surface area contributed by atoms with Crippen molar-refractivity contribution in [2.24, 2.45) is 58.3 Å². The monoisotopic (exact) mass is 342 g/mol. The summed E-state index contributed by atoms with van der Waals surface area (Å²) in [7, 11) is 0. The fourth-order valence-electron chi connectivity index (χ4n) is 8.75. The molecule has 0 aromatic heterocycles. The Morgan fingerprint density at radius 1 is 0.560 bits per heavy atom. The van der Waals surface area contributed by atoms with Crippen LogP contribution in [0.15, 0.2) is 5.10 Å². The minimum absolute atomic E-state index is 0.624. The highest BCUT2D eigenvalue weighted by Crippen LogP contribution is 2.55. The fraction of sp³-hybridized carbons (Fsp3) is 0.952. The van der Waals surface area contributed by atoms with Gasteiger partial charge in [-0.25, -0.2) is 0 Å². The van der Waals surface area contributed by atoms with Gasteiger partial charge in [0, 0.05) is 12.1 Å². The van der Waals surface area contributed by atoms with Crippen LogP contribution in [0.3, 0.4) is 0 Å². The minimum Gasteiger partial charge on any atom is -0.352 e. The van der Waals surface area contributed by atoms with Gasteiger partial charge in [-0.15, -0.1) is 5.10 Å². The van der Waals surface area contributed by atoms with Crippen molar-refractivity contribution in [3.05, 3.63) is 0 Å². The van der Waals surface area contributed by atoms with E-state index in [1.54, 1.807) is 0 Å². The summed E-state index contributed by atoms with van der Waals surface area (Å²) in [6.45, 7) is 0. The summed E-state index contributed by atoms with van der Waals surface area (Å²) in [5.41, 5.74) is 0. The summed E-state index contributed by atoms with van der Waals surface area (Å²) in [6, 6.07) is 1.25. The Balaban J connectivity index is 1.15. The van der Waals surface area contributed by atoms with Crippen molar-refractivity contribution < 1.29 is 0 Å². The second kappa shape index (κ2) is 5.53. The molecular formula is C21H34N4. The smallest absolute Gasteiger partial charge is 0.213 e. The molecule has 0 amide bonds. The first kappa shape index (κ1) is 15.2. The summed E-state index contributed by atoms with van der Waals surface area (Å²) in [5, 5.41) is 11.8. The van der Waals surface area contributed by atoms with Gasteiger partial charge in [-0.3, -0.25) is 0 Å². The van der Waals surface area contributed by atoms with Gasteiger partial charge >= 0.3 is 0 Å². The normalized spacial score (nSPS) is 54.6. The molecule has 8 bridgehead atoms. The molecule has 0 radical (unpaired) electrons. The molecule has 8 saturated carbocycles. The Hall–Kier alpha value is -0.930. The number of hydrogen-bond donors (Lipinski definition) is 3. The minimum atomic E-state index is 0.624. The van der Waals surface area contributed by atoms with Gasteiger partial charge in [0.25, 0.3) is 0 Å². The molecule has 4 heteroatoms. The molecule has 138 valence electrons. The molecule has 25 heavy (non-hydrogen) atoms. The third kappa shape index (κ3) is 2.42. The van der Waals surface area contributed by atoms with Crippen LogP contribution in [-0.2, 0) is 0 Å². The first-order valence-corrected chi connectivity index (χ1v) is 11.1. The van der Waals surface area contributed by atoms with E-state index in [9.17, 15) is 0 Å². The van der Waals surface area contributed by atoms with Gasteiger partial charge in [-0.1, -0.05) is 0 Å². The zero-order valence-corrected chi connectivity index (χ0v) is 15.4. The van der Waals surface area contributed by atoms with Crippen molar-refractivity contribution in [2.75, 3.05) is 0 Å². The van der Waals surface area contributed by atoms with Crippen LogP contribution in [-0.4, -0.2) is 18.0 Å². The van der Waals surface area contributed by atoms with Crippen LogP contribution < -0.4 is 16.5 Å².